The molecule has 0 spiro atoms. The molecule has 1 aromatic heterocycles. The van der Waals surface area contributed by atoms with Crippen molar-refractivity contribution in [2.45, 2.75) is 56.4 Å². The van der Waals surface area contributed by atoms with E-state index in [2.05, 4.69) is 16.8 Å². The van der Waals surface area contributed by atoms with Gasteiger partial charge in [-0.25, -0.2) is 0 Å². The number of aromatic amines is 1. The summed E-state index contributed by atoms with van der Waals surface area (Å²) in [5, 5.41) is 40.3. The van der Waals surface area contributed by atoms with E-state index in [1.807, 2.05) is 18.2 Å². The van der Waals surface area contributed by atoms with E-state index in [0.29, 0.717) is 30.1 Å². The molecule has 1 aliphatic heterocycles. The minimum Gasteiger partial charge on any atom is -0.493 e. The van der Waals surface area contributed by atoms with Crippen molar-refractivity contribution < 1.29 is 34.6 Å². The highest BCUT2D eigenvalue weighted by atomic mass is 16.7. The van der Waals surface area contributed by atoms with Crippen molar-refractivity contribution in [2.75, 3.05) is 13.2 Å². The zero-order chi connectivity index (χ0) is 22.2. The van der Waals surface area contributed by atoms with Crippen molar-refractivity contribution >= 4 is 10.9 Å². The van der Waals surface area contributed by atoms with Crippen LogP contribution in [0.3, 0.4) is 0 Å². The number of rotatable bonds is 6. The van der Waals surface area contributed by atoms with E-state index >= 15 is 0 Å². The van der Waals surface area contributed by atoms with Gasteiger partial charge in [-0.2, -0.15) is 0 Å². The Hall–Kier alpha value is -2.28. The van der Waals surface area contributed by atoms with E-state index in [4.69, 9.17) is 14.2 Å². The summed E-state index contributed by atoms with van der Waals surface area (Å²) in [4.78, 5) is 3.10. The van der Waals surface area contributed by atoms with Crippen molar-refractivity contribution in [3.63, 3.8) is 0 Å². The van der Waals surface area contributed by atoms with Gasteiger partial charge in [0.15, 0.2) is 0 Å². The summed E-state index contributed by atoms with van der Waals surface area (Å²) in [6.07, 6.45) is -0.746. The van der Waals surface area contributed by atoms with Gasteiger partial charge in [0.1, 0.15) is 35.9 Å². The van der Waals surface area contributed by atoms with Gasteiger partial charge in [-0.1, -0.05) is 0 Å². The fourth-order valence-electron chi connectivity index (χ4n) is 5.03. The molecule has 1 saturated carbocycles. The van der Waals surface area contributed by atoms with Gasteiger partial charge in [0, 0.05) is 29.9 Å². The maximum Gasteiger partial charge on any atom is 0.229 e. The second kappa shape index (κ2) is 8.93. The molecule has 5 rings (SSSR count). The Kier molecular flexibility index (Phi) is 6.01. The molecular weight excluding hydrogens is 414 g/mol. The molecule has 1 unspecified atom stereocenters. The summed E-state index contributed by atoms with van der Waals surface area (Å²) in [5.74, 6) is 9.61. The van der Waals surface area contributed by atoms with Crippen LogP contribution in [0.1, 0.15) is 25.7 Å². The molecule has 8 atom stereocenters. The van der Waals surface area contributed by atoms with Gasteiger partial charge in [-0.05, 0) is 48.8 Å². The second-order valence-electron chi connectivity index (χ2n) is 8.91. The third kappa shape index (κ3) is 4.07. The van der Waals surface area contributed by atoms with Gasteiger partial charge in [0.05, 0.1) is 13.2 Å². The van der Waals surface area contributed by atoms with Crippen LogP contribution in [0.15, 0.2) is 24.4 Å². The summed E-state index contributed by atoms with van der Waals surface area (Å²) >= 11 is 0. The lowest BCUT2D eigenvalue weighted by atomic mass is 9.99. The molecule has 2 aromatic rings. The summed E-state index contributed by atoms with van der Waals surface area (Å²) in [6.45, 7) is 0.167. The SMILES string of the molecule is OC[C@H]1O[C@@H](Oc2c[nH]c3ccc(OCC4[C@H]5CCC#CCC[C@@H]45)cc23)[C@H](O)[C@@H](O)[C@@H]1O. The summed E-state index contributed by atoms with van der Waals surface area (Å²) < 4.78 is 17.4. The lowest BCUT2D eigenvalue weighted by Crippen LogP contribution is -2.60. The normalized spacial score (nSPS) is 36.4. The quantitative estimate of drug-likeness (QED) is 0.425. The van der Waals surface area contributed by atoms with Gasteiger partial charge in [-0.15, -0.1) is 11.8 Å². The van der Waals surface area contributed by atoms with Crippen LogP contribution in [0.4, 0.5) is 0 Å². The maximum absolute atomic E-state index is 10.3. The van der Waals surface area contributed by atoms with Crippen molar-refractivity contribution in [1.82, 2.24) is 4.98 Å². The number of ether oxygens (including phenoxy) is 3. The number of aromatic nitrogens is 1. The molecule has 0 radical (unpaired) electrons. The van der Waals surface area contributed by atoms with Crippen LogP contribution < -0.4 is 9.47 Å². The standard InChI is InChI=1S/C24H29NO7/c26-11-20-21(27)22(28)23(29)24(32-20)31-19-10-25-18-8-7-13(9-16(18)19)30-12-17-14-5-3-1-2-4-6-15(14)17/h7-10,14-15,17,20-29H,3-6,11-12H2/t14-,15+,17?,20-,21-,22+,23-,24-/m1/s1. The first-order valence-electron chi connectivity index (χ1n) is 11.2. The summed E-state index contributed by atoms with van der Waals surface area (Å²) in [5.41, 5.74) is 0.821. The van der Waals surface area contributed by atoms with Crippen LogP contribution in [0, 0.1) is 29.6 Å². The average molecular weight is 443 g/mol. The zero-order valence-corrected chi connectivity index (χ0v) is 17.7. The number of hydrogen-bond donors (Lipinski definition) is 5. The summed E-state index contributed by atoms with van der Waals surface area (Å²) in [7, 11) is 0. The Morgan fingerprint density at radius 3 is 2.50 bits per heavy atom. The molecule has 8 nitrogen and oxygen atoms in total. The monoisotopic (exact) mass is 443 g/mol. The second-order valence-corrected chi connectivity index (χ2v) is 8.91. The first-order chi connectivity index (χ1) is 15.6. The molecule has 1 saturated heterocycles. The van der Waals surface area contributed by atoms with Crippen LogP contribution in [0.5, 0.6) is 11.5 Å². The fourth-order valence-corrected chi connectivity index (χ4v) is 5.03. The highest BCUT2D eigenvalue weighted by Crippen LogP contribution is 2.52. The van der Waals surface area contributed by atoms with Crippen LogP contribution in [-0.2, 0) is 4.74 Å². The van der Waals surface area contributed by atoms with Gasteiger partial charge >= 0.3 is 0 Å². The van der Waals surface area contributed by atoms with Crippen molar-refractivity contribution in [3.05, 3.63) is 24.4 Å². The molecule has 32 heavy (non-hydrogen) atoms. The molecule has 8 heteroatoms. The molecule has 2 fully saturated rings. The Morgan fingerprint density at radius 2 is 1.78 bits per heavy atom. The predicted molar refractivity (Wildman–Crippen MR) is 115 cm³/mol. The smallest absolute Gasteiger partial charge is 0.229 e. The Balaban J connectivity index is 1.26. The number of fused-ring (bicyclic) bond motifs is 2. The molecule has 1 aromatic carbocycles. The van der Waals surface area contributed by atoms with Gasteiger partial charge in [0.25, 0.3) is 0 Å². The number of aliphatic hydroxyl groups is 4. The molecule has 5 N–H and O–H groups in total. The highest BCUT2D eigenvalue weighted by molar-refractivity contribution is 5.87. The lowest BCUT2D eigenvalue weighted by molar-refractivity contribution is -0.277. The molecule has 3 aliphatic rings. The highest BCUT2D eigenvalue weighted by Gasteiger charge is 2.49. The average Bonchev–Trinajstić information content (AvgIpc) is 3.26. The van der Waals surface area contributed by atoms with Crippen LogP contribution in [-0.4, -0.2) is 69.3 Å². The van der Waals surface area contributed by atoms with Gasteiger partial charge < -0.3 is 39.6 Å². The Morgan fingerprint density at radius 1 is 1.03 bits per heavy atom. The van der Waals surface area contributed by atoms with E-state index in [1.54, 1.807) is 6.20 Å². The van der Waals surface area contributed by atoms with E-state index in [-0.39, 0.29) is 0 Å². The molecule has 0 bridgehead atoms. The number of nitrogens with one attached hydrogen (secondary N) is 1. The number of benzene rings is 1. The molecule has 0 amide bonds. The first-order valence-corrected chi connectivity index (χ1v) is 11.2. The van der Waals surface area contributed by atoms with Crippen molar-refractivity contribution in [1.29, 1.82) is 0 Å². The number of hydrogen-bond acceptors (Lipinski definition) is 7. The van der Waals surface area contributed by atoms with Gasteiger partial charge in [-0.3, -0.25) is 0 Å². The molecule has 172 valence electrons. The fraction of sp³-hybridized carbons (Fsp3) is 0.583. The third-order valence-electron chi connectivity index (χ3n) is 6.99. The number of aliphatic hydroxyl groups excluding tert-OH is 4. The van der Waals surface area contributed by atoms with E-state index in [9.17, 15) is 20.4 Å². The van der Waals surface area contributed by atoms with Crippen molar-refractivity contribution in [3.8, 4) is 23.3 Å². The van der Waals surface area contributed by atoms with E-state index in [0.717, 1.165) is 42.3 Å². The Labute approximate surface area is 186 Å². The van der Waals surface area contributed by atoms with E-state index < -0.39 is 37.3 Å². The molecular formula is C24H29NO7. The van der Waals surface area contributed by atoms with Crippen LogP contribution in [0.25, 0.3) is 10.9 Å². The van der Waals surface area contributed by atoms with E-state index in [1.165, 1.54) is 0 Å². The summed E-state index contributed by atoms with van der Waals surface area (Å²) in [6, 6.07) is 5.68. The first kappa shape index (κ1) is 21.6. The van der Waals surface area contributed by atoms with Gasteiger partial charge in [0.2, 0.25) is 6.29 Å². The largest absolute Gasteiger partial charge is 0.493 e. The van der Waals surface area contributed by atoms with Crippen LogP contribution in [0.2, 0.25) is 0 Å². The zero-order valence-electron chi connectivity index (χ0n) is 17.7. The van der Waals surface area contributed by atoms with Crippen molar-refractivity contribution in [2.24, 2.45) is 17.8 Å². The predicted octanol–water partition coefficient (Wildman–Crippen LogP) is 1.16. The maximum atomic E-state index is 10.3. The Bertz CT molecular complexity index is 991. The third-order valence-corrected chi connectivity index (χ3v) is 6.99. The van der Waals surface area contributed by atoms with Crippen LogP contribution >= 0.6 is 0 Å². The minimum atomic E-state index is -1.49. The molecule has 2 aliphatic carbocycles. The number of H-pyrrole nitrogens is 1. The molecule has 2 heterocycles. The lowest BCUT2D eigenvalue weighted by Gasteiger charge is -2.39. The minimum absolute atomic E-state index is 0.417. The topological polar surface area (TPSA) is 124 Å².